The van der Waals surface area contributed by atoms with Crippen molar-refractivity contribution in [2.75, 3.05) is 0 Å². The van der Waals surface area contributed by atoms with Gasteiger partial charge in [0, 0.05) is 12.4 Å². The number of nitrogens with zero attached hydrogens (tertiary/aromatic N) is 1. The summed E-state index contributed by atoms with van der Waals surface area (Å²) in [6.07, 6.45) is 10.2. The van der Waals surface area contributed by atoms with Crippen molar-refractivity contribution in [3.8, 4) is 0 Å². The molecule has 1 atom stereocenters. The van der Waals surface area contributed by atoms with Gasteiger partial charge in [-0.2, -0.15) is 0 Å². The molecule has 0 aliphatic heterocycles. The number of rotatable bonds is 6. The summed E-state index contributed by atoms with van der Waals surface area (Å²) in [7, 11) is 0. The summed E-state index contributed by atoms with van der Waals surface area (Å²) in [6, 6.07) is 4.25. The quantitative estimate of drug-likeness (QED) is 0.677. The van der Waals surface area contributed by atoms with E-state index in [9.17, 15) is 0 Å². The van der Waals surface area contributed by atoms with Gasteiger partial charge in [-0.3, -0.25) is 4.98 Å². The van der Waals surface area contributed by atoms with E-state index >= 15 is 0 Å². The number of pyridine rings is 1. The highest BCUT2D eigenvalue weighted by molar-refractivity contribution is 5.09. The first kappa shape index (κ1) is 12.2. The molecule has 1 nitrogen and oxygen atoms in total. The molecule has 0 aliphatic carbocycles. The number of aromatic nitrogens is 1. The molecule has 1 heterocycles. The van der Waals surface area contributed by atoms with Crippen LogP contribution in [0.5, 0.6) is 0 Å². The smallest absolute Gasteiger partial charge is 0.0270 e. The minimum absolute atomic E-state index is 0.526. The summed E-state index contributed by atoms with van der Waals surface area (Å²) in [4.78, 5) is 4.05. The summed E-state index contributed by atoms with van der Waals surface area (Å²) in [5.74, 6) is 0. The van der Waals surface area contributed by atoms with E-state index in [-0.39, 0.29) is 0 Å². The molecular weight excluding hydrogens is 182 g/mol. The monoisotopic (exact) mass is 205 g/mol. The van der Waals surface area contributed by atoms with E-state index in [1.807, 2.05) is 12.4 Å². The lowest BCUT2D eigenvalue weighted by molar-refractivity contribution is 0.258. The Morgan fingerprint density at radius 1 is 1.13 bits per heavy atom. The molecule has 0 saturated heterocycles. The van der Waals surface area contributed by atoms with Crippen LogP contribution in [0.3, 0.4) is 0 Å². The van der Waals surface area contributed by atoms with Crippen molar-refractivity contribution in [3.63, 3.8) is 0 Å². The van der Waals surface area contributed by atoms with Crippen molar-refractivity contribution in [2.24, 2.45) is 5.41 Å². The summed E-state index contributed by atoms with van der Waals surface area (Å²) in [5.41, 5.74) is 1.94. The van der Waals surface area contributed by atoms with Gasteiger partial charge in [0.15, 0.2) is 0 Å². The first-order valence-electron chi connectivity index (χ1n) is 6.09. The maximum Gasteiger partial charge on any atom is 0.0270 e. The Morgan fingerprint density at radius 3 is 2.33 bits per heavy atom. The highest BCUT2D eigenvalue weighted by Gasteiger charge is 2.20. The maximum atomic E-state index is 4.05. The fraction of sp³-hybridized carbons (Fsp3) is 0.643. The Hall–Kier alpha value is -0.850. The average Bonchev–Trinajstić information content (AvgIpc) is 2.28. The molecule has 1 aromatic rings. The van der Waals surface area contributed by atoms with Crippen molar-refractivity contribution in [3.05, 3.63) is 30.1 Å². The van der Waals surface area contributed by atoms with E-state index < -0.39 is 0 Å². The van der Waals surface area contributed by atoms with E-state index in [4.69, 9.17) is 0 Å². The molecule has 0 bridgehead atoms. The molecule has 0 radical (unpaired) electrons. The number of aryl methyl sites for hydroxylation is 1. The topological polar surface area (TPSA) is 12.9 Å². The standard InChI is InChI=1S/C14H23N/c1-4-9-14(3,5-2)10-6-13-7-11-15-12-8-13/h7-8,11-12H,4-6,9-10H2,1-3H3. The van der Waals surface area contributed by atoms with Gasteiger partial charge in [-0.25, -0.2) is 0 Å². The molecule has 0 aliphatic rings. The van der Waals surface area contributed by atoms with Gasteiger partial charge in [-0.05, 0) is 42.4 Å². The van der Waals surface area contributed by atoms with E-state index in [0.29, 0.717) is 5.41 Å². The lowest BCUT2D eigenvalue weighted by Gasteiger charge is -2.27. The second-order valence-corrected chi connectivity index (χ2v) is 4.77. The van der Waals surface area contributed by atoms with Crippen LogP contribution in [0.15, 0.2) is 24.5 Å². The van der Waals surface area contributed by atoms with Crippen LogP contribution in [-0.4, -0.2) is 4.98 Å². The highest BCUT2D eigenvalue weighted by atomic mass is 14.6. The third-order valence-electron chi connectivity index (χ3n) is 3.47. The zero-order valence-corrected chi connectivity index (χ0v) is 10.3. The fourth-order valence-corrected chi connectivity index (χ4v) is 2.08. The van der Waals surface area contributed by atoms with Crippen LogP contribution in [0, 0.1) is 5.41 Å². The lowest BCUT2D eigenvalue weighted by Crippen LogP contribution is -2.15. The zero-order valence-electron chi connectivity index (χ0n) is 10.3. The van der Waals surface area contributed by atoms with Crippen molar-refractivity contribution in [1.29, 1.82) is 0 Å². The largest absolute Gasteiger partial charge is 0.265 e. The second kappa shape index (κ2) is 5.89. The summed E-state index contributed by atoms with van der Waals surface area (Å²) < 4.78 is 0. The van der Waals surface area contributed by atoms with E-state index in [2.05, 4.69) is 37.9 Å². The maximum absolute atomic E-state index is 4.05. The number of hydrogen-bond donors (Lipinski definition) is 0. The summed E-state index contributed by atoms with van der Waals surface area (Å²) in [5, 5.41) is 0. The molecule has 84 valence electrons. The molecule has 0 N–H and O–H groups in total. The van der Waals surface area contributed by atoms with Crippen LogP contribution in [0.1, 0.15) is 52.0 Å². The Morgan fingerprint density at radius 2 is 1.80 bits per heavy atom. The second-order valence-electron chi connectivity index (χ2n) is 4.77. The Balaban J connectivity index is 2.47. The van der Waals surface area contributed by atoms with Crippen LogP contribution < -0.4 is 0 Å². The lowest BCUT2D eigenvalue weighted by atomic mass is 9.78. The van der Waals surface area contributed by atoms with Crippen LogP contribution >= 0.6 is 0 Å². The molecule has 0 aromatic carbocycles. The van der Waals surface area contributed by atoms with Crippen LogP contribution in [-0.2, 0) is 6.42 Å². The van der Waals surface area contributed by atoms with Gasteiger partial charge in [0.1, 0.15) is 0 Å². The molecular formula is C14H23N. The van der Waals surface area contributed by atoms with Gasteiger partial charge in [-0.1, -0.05) is 33.6 Å². The van der Waals surface area contributed by atoms with Crippen molar-refractivity contribution < 1.29 is 0 Å². The molecule has 1 rings (SSSR count). The normalized spacial score (nSPS) is 14.9. The van der Waals surface area contributed by atoms with E-state index in [1.165, 1.54) is 37.7 Å². The molecule has 0 fully saturated rings. The zero-order chi connectivity index (χ0) is 11.1. The SMILES string of the molecule is CCCC(C)(CC)CCc1ccncc1. The third-order valence-corrected chi connectivity index (χ3v) is 3.47. The van der Waals surface area contributed by atoms with Gasteiger partial charge in [0.2, 0.25) is 0 Å². The van der Waals surface area contributed by atoms with E-state index in [1.54, 1.807) is 0 Å². The van der Waals surface area contributed by atoms with Gasteiger partial charge in [0.25, 0.3) is 0 Å². The summed E-state index contributed by atoms with van der Waals surface area (Å²) in [6.45, 7) is 7.00. The minimum atomic E-state index is 0.526. The molecule has 0 amide bonds. The average molecular weight is 205 g/mol. The minimum Gasteiger partial charge on any atom is -0.265 e. The van der Waals surface area contributed by atoms with Crippen molar-refractivity contribution >= 4 is 0 Å². The van der Waals surface area contributed by atoms with Crippen LogP contribution in [0.2, 0.25) is 0 Å². The summed E-state index contributed by atoms with van der Waals surface area (Å²) >= 11 is 0. The van der Waals surface area contributed by atoms with Gasteiger partial charge >= 0.3 is 0 Å². The Bertz CT molecular complexity index is 268. The van der Waals surface area contributed by atoms with Crippen molar-refractivity contribution in [1.82, 2.24) is 4.98 Å². The molecule has 1 unspecified atom stereocenters. The predicted molar refractivity (Wildman–Crippen MR) is 65.9 cm³/mol. The van der Waals surface area contributed by atoms with E-state index in [0.717, 1.165) is 0 Å². The van der Waals surface area contributed by atoms with Crippen LogP contribution in [0.4, 0.5) is 0 Å². The van der Waals surface area contributed by atoms with Crippen LogP contribution in [0.25, 0.3) is 0 Å². The van der Waals surface area contributed by atoms with Gasteiger partial charge in [0.05, 0.1) is 0 Å². The fourth-order valence-electron chi connectivity index (χ4n) is 2.08. The molecule has 0 spiro atoms. The Labute approximate surface area is 93.9 Å². The van der Waals surface area contributed by atoms with Crippen molar-refractivity contribution in [2.45, 2.75) is 52.9 Å². The van der Waals surface area contributed by atoms with Gasteiger partial charge < -0.3 is 0 Å². The highest BCUT2D eigenvalue weighted by Crippen LogP contribution is 2.32. The molecule has 1 heteroatoms. The Kier molecular flexibility index (Phi) is 4.80. The first-order chi connectivity index (χ1) is 7.20. The van der Waals surface area contributed by atoms with Gasteiger partial charge in [-0.15, -0.1) is 0 Å². The predicted octanol–water partition coefficient (Wildman–Crippen LogP) is 4.23. The first-order valence-corrected chi connectivity index (χ1v) is 6.09. The molecule has 15 heavy (non-hydrogen) atoms. The third kappa shape index (κ3) is 4.03. The molecule has 0 saturated carbocycles. The number of hydrogen-bond acceptors (Lipinski definition) is 1. The molecule has 1 aromatic heterocycles.